The summed E-state index contributed by atoms with van der Waals surface area (Å²) in [6.07, 6.45) is 10.1. The van der Waals surface area contributed by atoms with Crippen molar-refractivity contribution in [2.45, 2.75) is 64.3 Å². The van der Waals surface area contributed by atoms with Gasteiger partial charge < -0.3 is 5.32 Å². The topological polar surface area (TPSA) is 12.0 Å². The summed E-state index contributed by atoms with van der Waals surface area (Å²) in [7, 11) is 0. The fourth-order valence-corrected chi connectivity index (χ4v) is 3.40. The Morgan fingerprint density at radius 2 is 1.93 bits per heavy atom. The molecule has 2 aliphatic rings. The Hall–Kier alpha value is -0.0400. The lowest BCUT2D eigenvalue weighted by molar-refractivity contribution is 0.120. The molecule has 2 atom stereocenters. The van der Waals surface area contributed by atoms with E-state index in [1.807, 2.05) is 0 Å². The lowest BCUT2D eigenvalue weighted by atomic mass is 9.69. The largest absolute Gasteiger partial charge is 0.311 e. The van der Waals surface area contributed by atoms with E-state index in [-0.39, 0.29) is 0 Å². The maximum Gasteiger partial charge on any atom is 0.0184 e. The molecule has 1 spiro atoms. The Bertz CT molecular complexity index is 174. The summed E-state index contributed by atoms with van der Waals surface area (Å²) in [5.41, 5.74) is 0.561. The number of hydrogen-bond acceptors (Lipinski definition) is 1. The van der Waals surface area contributed by atoms with Gasteiger partial charge in [-0.1, -0.05) is 33.1 Å². The van der Waals surface area contributed by atoms with Gasteiger partial charge in [-0.3, -0.25) is 0 Å². The highest BCUT2D eigenvalue weighted by atomic mass is 15.0. The van der Waals surface area contributed by atoms with Crippen LogP contribution in [0.25, 0.3) is 0 Å². The average Bonchev–Trinajstić information content (AvgIpc) is 2.19. The third-order valence-corrected chi connectivity index (χ3v) is 4.41. The highest BCUT2D eigenvalue weighted by Gasteiger charge is 2.37. The highest BCUT2D eigenvalue weighted by molar-refractivity contribution is 4.96. The van der Waals surface area contributed by atoms with E-state index in [9.17, 15) is 0 Å². The molecule has 1 saturated heterocycles. The molecule has 1 N–H and O–H groups in total. The standard InChI is InChI=1S/C13H25N/c1-11(2)12-6-5-8-13(10-12)7-3-4-9-14-13/h11-12,14H,3-10H2,1-2H3. The zero-order valence-electron chi connectivity index (χ0n) is 9.81. The quantitative estimate of drug-likeness (QED) is 0.676. The summed E-state index contributed by atoms with van der Waals surface area (Å²) in [5, 5.41) is 3.82. The van der Waals surface area contributed by atoms with E-state index in [0.29, 0.717) is 5.54 Å². The Kier molecular flexibility index (Phi) is 3.16. The third kappa shape index (κ3) is 2.13. The third-order valence-electron chi connectivity index (χ3n) is 4.41. The summed E-state index contributed by atoms with van der Waals surface area (Å²) < 4.78 is 0. The molecule has 2 unspecified atom stereocenters. The van der Waals surface area contributed by atoms with E-state index in [1.54, 1.807) is 0 Å². The fraction of sp³-hybridized carbons (Fsp3) is 1.00. The van der Waals surface area contributed by atoms with Crippen LogP contribution < -0.4 is 5.32 Å². The normalized spacial score (nSPS) is 39.2. The molecule has 0 bridgehead atoms. The van der Waals surface area contributed by atoms with E-state index < -0.39 is 0 Å². The maximum atomic E-state index is 3.82. The number of nitrogens with one attached hydrogen (secondary N) is 1. The molecule has 0 radical (unpaired) electrons. The van der Waals surface area contributed by atoms with Gasteiger partial charge in [0.05, 0.1) is 0 Å². The van der Waals surface area contributed by atoms with Crippen LogP contribution in [0.1, 0.15) is 58.8 Å². The molecule has 82 valence electrons. The lowest BCUT2D eigenvalue weighted by Gasteiger charge is -2.45. The second kappa shape index (κ2) is 4.22. The van der Waals surface area contributed by atoms with E-state index in [1.165, 1.54) is 51.5 Å². The molecule has 1 saturated carbocycles. The van der Waals surface area contributed by atoms with Crippen LogP contribution in [0.5, 0.6) is 0 Å². The molecule has 2 fully saturated rings. The predicted molar refractivity (Wildman–Crippen MR) is 61.4 cm³/mol. The molecule has 1 nitrogen and oxygen atoms in total. The Labute approximate surface area is 88.7 Å². The van der Waals surface area contributed by atoms with Gasteiger partial charge in [0.15, 0.2) is 0 Å². The first-order chi connectivity index (χ1) is 6.72. The molecule has 1 aliphatic carbocycles. The van der Waals surface area contributed by atoms with Crippen molar-refractivity contribution >= 4 is 0 Å². The average molecular weight is 195 g/mol. The first-order valence-electron chi connectivity index (χ1n) is 6.47. The summed E-state index contributed by atoms with van der Waals surface area (Å²) >= 11 is 0. The van der Waals surface area contributed by atoms with Gasteiger partial charge in [0.2, 0.25) is 0 Å². The molecule has 0 aromatic carbocycles. The second-order valence-electron chi connectivity index (χ2n) is 5.76. The molecule has 0 aromatic rings. The fourth-order valence-electron chi connectivity index (χ4n) is 3.40. The first-order valence-corrected chi connectivity index (χ1v) is 6.47. The number of hydrogen-bond donors (Lipinski definition) is 1. The smallest absolute Gasteiger partial charge is 0.0184 e. The zero-order valence-corrected chi connectivity index (χ0v) is 9.81. The van der Waals surface area contributed by atoms with Crippen molar-refractivity contribution in [3.8, 4) is 0 Å². The van der Waals surface area contributed by atoms with E-state index in [0.717, 1.165) is 11.8 Å². The van der Waals surface area contributed by atoms with Crippen LogP contribution in [-0.4, -0.2) is 12.1 Å². The minimum absolute atomic E-state index is 0.561. The zero-order chi connectivity index (χ0) is 10.0. The van der Waals surface area contributed by atoms with E-state index >= 15 is 0 Å². The van der Waals surface area contributed by atoms with Crippen molar-refractivity contribution in [3.63, 3.8) is 0 Å². The monoisotopic (exact) mass is 195 g/mol. The van der Waals surface area contributed by atoms with Gasteiger partial charge in [-0.05, 0) is 44.1 Å². The Morgan fingerprint density at radius 1 is 1.14 bits per heavy atom. The molecule has 1 heterocycles. The number of piperidine rings is 1. The first kappa shape index (κ1) is 10.5. The van der Waals surface area contributed by atoms with Crippen molar-refractivity contribution in [2.75, 3.05) is 6.54 Å². The van der Waals surface area contributed by atoms with Gasteiger partial charge in [-0.15, -0.1) is 0 Å². The van der Waals surface area contributed by atoms with Crippen molar-refractivity contribution in [1.29, 1.82) is 0 Å². The highest BCUT2D eigenvalue weighted by Crippen LogP contribution is 2.40. The van der Waals surface area contributed by atoms with Crippen LogP contribution in [0, 0.1) is 11.8 Å². The maximum absolute atomic E-state index is 3.82. The van der Waals surface area contributed by atoms with Crippen LogP contribution in [0.15, 0.2) is 0 Å². The van der Waals surface area contributed by atoms with Crippen LogP contribution in [-0.2, 0) is 0 Å². The molecule has 1 heteroatoms. The van der Waals surface area contributed by atoms with Crippen molar-refractivity contribution in [3.05, 3.63) is 0 Å². The molecule has 0 aromatic heterocycles. The van der Waals surface area contributed by atoms with Gasteiger partial charge in [0, 0.05) is 5.54 Å². The predicted octanol–water partition coefficient (Wildman–Crippen LogP) is 3.34. The molecule has 0 amide bonds. The molecule has 14 heavy (non-hydrogen) atoms. The molecular formula is C13H25N. The molecule has 2 rings (SSSR count). The summed E-state index contributed by atoms with van der Waals surface area (Å²) in [6, 6.07) is 0. The van der Waals surface area contributed by atoms with Crippen molar-refractivity contribution in [1.82, 2.24) is 5.32 Å². The Balaban J connectivity index is 1.97. The number of rotatable bonds is 1. The SMILES string of the molecule is CC(C)C1CCCC2(CCCCN2)C1. The summed E-state index contributed by atoms with van der Waals surface area (Å²) in [5.74, 6) is 1.87. The molecular weight excluding hydrogens is 170 g/mol. The summed E-state index contributed by atoms with van der Waals surface area (Å²) in [6.45, 7) is 6.06. The van der Waals surface area contributed by atoms with Crippen molar-refractivity contribution in [2.24, 2.45) is 11.8 Å². The van der Waals surface area contributed by atoms with Crippen molar-refractivity contribution < 1.29 is 0 Å². The van der Waals surface area contributed by atoms with Gasteiger partial charge in [-0.25, -0.2) is 0 Å². The van der Waals surface area contributed by atoms with Gasteiger partial charge in [-0.2, -0.15) is 0 Å². The van der Waals surface area contributed by atoms with Crippen LogP contribution in [0.2, 0.25) is 0 Å². The van der Waals surface area contributed by atoms with Crippen LogP contribution in [0.4, 0.5) is 0 Å². The van der Waals surface area contributed by atoms with Gasteiger partial charge >= 0.3 is 0 Å². The summed E-state index contributed by atoms with van der Waals surface area (Å²) in [4.78, 5) is 0. The molecule has 1 aliphatic heterocycles. The minimum atomic E-state index is 0.561. The van der Waals surface area contributed by atoms with Gasteiger partial charge in [0.25, 0.3) is 0 Å². The lowest BCUT2D eigenvalue weighted by Crippen LogP contribution is -2.51. The van der Waals surface area contributed by atoms with Crippen LogP contribution >= 0.6 is 0 Å². The second-order valence-corrected chi connectivity index (χ2v) is 5.76. The van der Waals surface area contributed by atoms with E-state index in [2.05, 4.69) is 19.2 Å². The minimum Gasteiger partial charge on any atom is -0.311 e. The Morgan fingerprint density at radius 3 is 2.57 bits per heavy atom. The van der Waals surface area contributed by atoms with Crippen LogP contribution in [0.3, 0.4) is 0 Å². The van der Waals surface area contributed by atoms with Gasteiger partial charge in [0.1, 0.15) is 0 Å². The van der Waals surface area contributed by atoms with E-state index in [4.69, 9.17) is 0 Å².